The van der Waals surface area contributed by atoms with Crippen LogP contribution >= 0.6 is 0 Å². The molecule has 0 radical (unpaired) electrons. The number of hydrogen-bond acceptors (Lipinski definition) is 1. The van der Waals surface area contributed by atoms with Crippen LogP contribution in [-0.4, -0.2) is 0 Å². The second kappa shape index (κ2) is 3.53. The third kappa shape index (κ3) is 1.67. The van der Waals surface area contributed by atoms with Gasteiger partial charge in [0, 0.05) is 5.56 Å². The molecule has 0 spiro atoms. The first-order valence-electron chi connectivity index (χ1n) is 3.96. The fourth-order valence-electron chi connectivity index (χ4n) is 1.25. The van der Waals surface area contributed by atoms with Crippen LogP contribution < -0.4 is 0 Å². The SMILES string of the molecule is CC(C)c1c(F)ccc(F)c1C#N. The molecule has 1 aromatic carbocycles. The normalized spacial score (nSPS) is 10.2. The maximum absolute atomic E-state index is 13.2. The molecule has 1 aromatic rings. The largest absolute Gasteiger partial charge is 0.207 e. The number of rotatable bonds is 1. The first kappa shape index (κ1) is 9.66. The zero-order valence-electron chi connectivity index (χ0n) is 7.44. The predicted molar refractivity (Wildman–Crippen MR) is 45.2 cm³/mol. The van der Waals surface area contributed by atoms with Gasteiger partial charge in [0.1, 0.15) is 17.7 Å². The molecule has 1 rings (SSSR count). The van der Waals surface area contributed by atoms with E-state index in [0.717, 1.165) is 12.1 Å². The molecule has 0 aliphatic heterocycles. The van der Waals surface area contributed by atoms with E-state index < -0.39 is 11.6 Å². The summed E-state index contributed by atoms with van der Waals surface area (Å²) in [5, 5.41) is 8.62. The lowest BCUT2D eigenvalue weighted by Crippen LogP contribution is -2.00. The Morgan fingerprint density at radius 3 is 2.15 bits per heavy atom. The van der Waals surface area contributed by atoms with Gasteiger partial charge in [-0.25, -0.2) is 8.78 Å². The van der Waals surface area contributed by atoms with Crippen molar-refractivity contribution in [2.75, 3.05) is 0 Å². The van der Waals surface area contributed by atoms with Gasteiger partial charge in [-0.2, -0.15) is 5.26 Å². The van der Waals surface area contributed by atoms with Gasteiger partial charge < -0.3 is 0 Å². The lowest BCUT2D eigenvalue weighted by Gasteiger charge is -2.09. The summed E-state index contributed by atoms with van der Waals surface area (Å²) in [6.45, 7) is 3.44. The molecule has 68 valence electrons. The molecule has 0 heterocycles. The Labute approximate surface area is 75.6 Å². The standard InChI is InChI=1S/C10H9F2N/c1-6(2)10-7(5-13)8(11)3-4-9(10)12/h3-4,6H,1-2H3. The smallest absolute Gasteiger partial charge is 0.141 e. The first-order valence-corrected chi connectivity index (χ1v) is 3.96. The van der Waals surface area contributed by atoms with Gasteiger partial charge >= 0.3 is 0 Å². The summed E-state index contributed by atoms with van der Waals surface area (Å²) in [5.41, 5.74) is -0.0301. The zero-order chi connectivity index (χ0) is 10.0. The van der Waals surface area contributed by atoms with Gasteiger partial charge in [-0.05, 0) is 18.1 Å². The van der Waals surface area contributed by atoms with Crippen LogP contribution in [0, 0.1) is 23.0 Å². The van der Waals surface area contributed by atoms with Crippen molar-refractivity contribution < 1.29 is 8.78 Å². The van der Waals surface area contributed by atoms with Crippen molar-refractivity contribution in [3.8, 4) is 6.07 Å². The summed E-state index contributed by atoms with van der Waals surface area (Å²) >= 11 is 0. The van der Waals surface area contributed by atoms with Crippen molar-refractivity contribution in [1.29, 1.82) is 5.26 Å². The summed E-state index contributed by atoms with van der Waals surface area (Å²) in [4.78, 5) is 0. The van der Waals surface area contributed by atoms with Gasteiger partial charge in [0.25, 0.3) is 0 Å². The topological polar surface area (TPSA) is 23.8 Å². The van der Waals surface area contributed by atoms with Crippen molar-refractivity contribution in [1.82, 2.24) is 0 Å². The summed E-state index contributed by atoms with van der Waals surface area (Å²) < 4.78 is 26.2. The van der Waals surface area contributed by atoms with Crippen LogP contribution in [0.4, 0.5) is 8.78 Å². The highest BCUT2D eigenvalue weighted by Gasteiger charge is 2.15. The van der Waals surface area contributed by atoms with E-state index in [4.69, 9.17) is 5.26 Å². The molecule has 0 saturated carbocycles. The van der Waals surface area contributed by atoms with E-state index in [9.17, 15) is 8.78 Å². The Balaban J connectivity index is 3.46. The summed E-state index contributed by atoms with van der Waals surface area (Å²) in [6.07, 6.45) is 0. The van der Waals surface area contributed by atoms with Gasteiger partial charge in [0.2, 0.25) is 0 Å². The van der Waals surface area contributed by atoms with E-state index in [0.29, 0.717) is 0 Å². The average Bonchev–Trinajstić information content (AvgIpc) is 2.07. The van der Waals surface area contributed by atoms with Crippen LogP contribution in [-0.2, 0) is 0 Å². The first-order chi connectivity index (χ1) is 6.07. The minimum Gasteiger partial charge on any atom is -0.207 e. The third-order valence-electron chi connectivity index (χ3n) is 1.83. The van der Waals surface area contributed by atoms with Crippen molar-refractivity contribution >= 4 is 0 Å². The third-order valence-corrected chi connectivity index (χ3v) is 1.83. The number of nitriles is 1. The molecular formula is C10H9F2N. The van der Waals surface area contributed by atoms with Crippen LogP contribution in [0.5, 0.6) is 0 Å². The van der Waals surface area contributed by atoms with Crippen molar-refractivity contribution in [2.24, 2.45) is 0 Å². The number of halogens is 2. The second-order valence-electron chi connectivity index (χ2n) is 3.08. The number of nitrogens with zero attached hydrogens (tertiary/aromatic N) is 1. The zero-order valence-corrected chi connectivity index (χ0v) is 7.44. The van der Waals surface area contributed by atoms with E-state index in [2.05, 4.69) is 0 Å². The van der Waals surface area contributed by atoms with Gasteiger partial charge in [0.05, 0.1) is 5.56 Å². The minimum atomic E-state index is -0.660. The molecule has 0 bridgehead atoms. The average molecular weight is 181 g/mol. The number of benzene rings is 1. The van der Waals surface area contributed by atoms with Crippen LogP contribution in [0.2, 0.25) is 0 Å². The summed E-state index contributed by atoms with van der Waals surface area (Å²) in [6, 6.07) is 3.69. The molecule has 0 fully saturated rings. The number of hydrogen-bond donors (Lipinski definition) is 0. The highest BCUT2D eigenvalue weighted by Crippen LogP contribution is 2.24. The van der Waals surface area contributed by atoms with Crippen molar-refractivity contribution in [3.05, 3.63) is 34.9 Å². The molecule has 0 atom stereocenters. The Morgan fingerprint density at radius 2 is 1.77 bits per heavy atom. The van der Waals surface area contributed by atoms with E-state index in [1.54, 1.807) is 19.9 Å². The molecule has 3 heteroatoms. The lowest BCUT2D eigenvalue weighted by atomic mass is 9.97. The highest BCUT2D eigenvalue weighted by atomic mass is 19.1. The van der Waals surface area contributed by atoms with Crippen molar-refractivity contribution in [3.63, 3.8) is 0 Å². The van der Waals surface area contributed by atoms with E-state index in [1.807, 2.05) is 0 Å². The van der Waals surface area contributed by atoms with Crippen LogP contribution in [0.1, 0.15) is 30.9 Å². The van der Waals surface area contributed by atoms with Gasteiger partial charge in [-0.3, -0.25) is 0 Å². The maximum atomic E-state index is 13.2. The van der Waals surface area contributed by atoms with Crippen molar-refractivity contribution in [2.45, 2.75) is 19.8 Å². The monoisotopic (exact) mass is 181 g/mol. The van der Waals surface area contributed by atoms with Crippen LogP contribution in [0.25, 0.3) is 0 Å². The molecule has 13 heavy (non-hydrogen) atoms. The molecule has 0 aromatic heterocycles. The quantitative estimate of drug-likeness (QED) is 0.653. The Morgan fingerprint density at radius 1 is 1.23 bits per heavy atom. The lowest BCUT2D eigenvalue weighted by molar-refractivity contribution is 0.572. The van der Waals surface area contributed by atoms with E-state index in [1.165, 1.54) is 0 Å². The fraction of sp³-hybridized carbons (Fsp3) is 0.300. The van der Waals surface area contributed by atoms with Gasteiger partial charge in [-0.1, -0.05) is 13.8 Å². The second-order valence-corrected chi connectivity index (χ2v) is 3.08. The Hall–Kier alpha value is -1.43. The van der Waals surface area contributed by atoms with E-state index in [-0.39, 0.29) is 17.0 Å². The molecule has 0 N–H and O–H groups in total. The van der Waals surface area contributed by atoms with E-state index >= 15 is 0 Å². The Bertz CT molecular complexity index is 364. The molecule has 0 aliphatic rings. The van der Waals surface area contributed by atoms with Crippen LogP contribution in [0.15, 0.2) is 12.1 Å². The van der Waals surface area contributed by atoms with Gasteiger partial charge in [0.15, 0.2) is 0 Å². The molecule has 0 aliphatic carbocycles. The summed E-state index contributed by atoms with van der Waals surface area (Å²) in [7, 11) is 0. The molecule has 0 amide bonds. The molecule has 1 nitrogen and oxygen atoms in total. The fourth-order valence-corrected chi connectivity index (χ4v) is 1.25. The van der Waals surface area contributed by atoms with Gasteiger partial charge in [-0.15, -0.1) is 0 Å². The minimum absolute atomic E-state index is 0.155. The predicted octanol–water partition coefficient (Wildman–Crippen LogP) is 2.96. The van der Waals surface area contributed by atoms with Crippen LogP contribution in [0.3, 0.4) is 0 Å². The molecular weight excluding hydrogens is 172 g/mol. The molecule has 0 saturated heterocycles. The molecule has 0 unspecified atom stereocenters. The highest BCUT2D eigenvalue weighted by molar-refractivity contribution is 5.41. The summed E-state index contributed by atoms with van der Waals surface area (Å²) in [5.74, 6) is -1.37. The Kier molecular flexibility index (Phi) is 2.62. The maximum Gasteiger partial charge on any atom is 0.141 e.